The lowest BCUT2D eigenvalue weighted by atomic mass is 10.1. The molecule has 1 aliphatic heterocycles. The lowest BCUT2D eigenvalue weighted by Gasteiger charge is -2.20. The van der Waals surface area contributed by atoms with Gasteiger partial charge in [-0.25, -0.2) is 16.8 Å². The summed E-state index contributed by atoms with van der Waals surface area (Å²) < 4.78 is 43.6. The minimum Gasteiger partial charge on any atom is -0.229 e. The molecule has 78 valence electrons. The molecular weight excluding hydrogens is 236 g/mol. The van der Waals surface area contributed by atoms with Gasteiger partial charge in [0.2, 0.25) is 9.05 Å². The number of hydrogen-bond acceptors (Lipinski definition) is 4. The predicted molar refractivity (Wildman–Crippen MR) is 51.0 cm³/mol. The largest absolute Gasteiger partial charge is 0.232 e. The zero-order valence-corrected chi connectivity index (χ0v) is 9.33. The number of hydrogen-bond donors (Lipinski definition) is 0. The van der Waals surface area contributed by atoms with Crippen LogP contribution in [-0.2, 0) is 18.9 Å². The van der Waals surface area contributed by atoms with Crippen molar-refractivity contribution in [1.82, 2.24) is 0 Å². The molecule has 4 nitrogen and oxygen atoms in total. The molecule has 1 unspecified atom stereocenters. The molecule has 1 saturated heterocycles. The summed E-state index contributed by atoms with van der Waals surface area (Å²) in [5.74, 6) is -0.417. The van der Waals surface area contributed by atoms with Gasteiger partial charge >= 0.3 is 0 Å². The lowest BCUT2D eigenvalue weighted by Crippen LogP contribution is -2.28. The van der Waals surface area contributed by atoms with Crippen LogP contribution in [0.15, 0.2) is 0 Å². The third kappa shape index (κ3) is 4.28. The first-order valence-electron chi connectivity index (χ1n) is 3.91. The summed E-state index contributed by atoms with van der Waals surface area (Å²) >= 11 is 0. The molecule has 0 aromatic carbocycles. The van der Waals surface area contributed by atoms with Crippen molar-refractivity contribution in [2.24, 2.45) is 5.92 Å². The molecule has 0 spiro atoms. The Morgan fingerprint density at radius 2 is 2.00 bits per heavy atom. The molecule has 1 atom stereocenters. The van der Waals surface area contributed by atoms with Gasteiger partial charge in [0.25, 0.3) is 0 Å². The van der Waals surface area contributed by atoms with Crippen molar-refractivity contribution in [3.63, 3.8) is 0 Å². The summed E-state index contributed by atoms with van der Waals surface area (Å²) in [6.07, 6.45) is 1.17. The minimum absolute atomic E-state index is 0.0427. The van der Waals surface area contributed by atoms with Gasteiger partial charge in [-0.1, -0.05) is 0 Å². The molecular formula is C6H11ClO4S2. The van der Waals surface area contributed by atoms with Crippen molar-refractivity contribution < 1.29 is 16.8 Å². The second kappa shape index (κ2) is 3.74. The van der Waals surface area contributed by atoms with E-state index in [9.17, 15) is 16.8 Å². The van der Waals surface area contributed by atoms with Crippen molar-refractivity contribution >= 4 is 29.6 Å². The maximum Gasteiger partial charge on any atom is 0.232 e. The first-order valence-corrected chi connectivity index (χ1v) is 8.21. The first kappa shape index (κ1) is 11.3. The zero-order chi connectivity index (χ0) is 10.1. The average molecular weight is 247 g/mol. The van der Waals surface area contributed by atoms with E-state index in [0.717, 1.165) is 0 Å². The number of rotatable bonds is 2. The van der Waals surface area contributed by atoms with E-state index in [1.54, 1.807) is 0 Å². The maximum absolute atomic E-state index is 11.1. The summed E-state index contributed by atoms with van der Waals surface area (Å²) in [7, 11) is -1.56. The van der Waals surface area contributed by atoms with Gasteiger partial charge in [-0.05, 0) is 18.8 Å². The Morgan fingerprint density at radius 1 is 1.38 bits per heavy atom. The van der Waals surface area contributed by atoms with E-state index in [0.29, 0.717) is 12.8 Å². The Bertz CT molecular complexity index is 367. The van der Waals surface area contributed by atoms with Crippen molar-refractivity contribution in [3.05, 3.63) is 0 Å². The van der Waals surface area contributed by atoms with Crippen LogP contribution < -0.4 is 0 Å². The average Bonchev–Trinajstić information content (AvgIpc) is 1.79. The summed E-state index contributed by atoms with van der Waals surface area (Å²) in [5.41, 5.74) is 0. The smallest absolute Gasteiger partial charge is 0.229 e. The van der Waals surface area contributed by atoms with E-state index in [4.69, 9.17) is 10.7 Å². The van der Waals surface area contributed by atoms with Crippen molar-refractivity contribution in [3.8, 4) is 0 Å². The Kier molecular flexibility index (Phi) is 3.24. The van der Waals surface area contributed by atoms with Crippen LogP contribution in [0.2, 0.25) is 0 Å². The van der Waals surface area contributed by atoms with Crippen molar-refractivity contribution in [2.75, 3.05) is 17.3 Å². The Hall–Kier alpha value is 0.190. The summed E-state index contributed by atoms with van der Waals surface area (Å²) in [4.78, 5) is 0. The van der Waals surface area contributed by atoms with Crippen LogP contribution in [0.25, 0.3) is 0 Å². The van der Waals surface area contributed by atoms with Gasteiger partial charge in [-0.15, -0.1) is 0 Å². The molecule has 0 aliphatic carbocycles. The molecule has 1 aliphatic rings. The molecule has 1 fully saturated rings. The molecule has 0 aromatic heterocycles. The van der Waals surface area contributed by atoms with Crippen molar-refractivity contribution in [1.29, 1.82) is 0 Å². The first-order chi connectivity index (χ1) is 5.79. The van der Waals surface area contributed by atoms with Gasteiger partial charge in [0, 0.05) is 10.7 Å². The van der Waals surface area contributed by atoms with Crippen LogP contribution in [0.5, 0.6) is 0 Å². The fourth-order valence-electron chi connectivity index (χ4n) is 1.53. The standard InChI is InChI=1S/C6H11ClO4S2/c7-13(10,11)5-6-2-1-3-12(8,9)4-6/h6H,1-5H2. The zero-order valence-electron chi connectivity index (χ0n) is 6.94. The van der Waals surface area contributed by atoms with E-state index in [-0.39, 0.29) is 23.2 Å². The van der Waals surface area contributed by atoms with E-state index >= 15 is 0 Å². The predicted octanol–water partition coefficient (Wildman–Crippen LogP) is 0.380. The molecule has 7 heteroatoms. The second-order valence-electron chi connectivity index (χ2n) is 3.33. The Morgan fingerprint density at radius 3 is 2.46 bits per heavy atom. The highest BCUT2D eigenvalue weighted by Gasteiger charge is 2.27. The van der Waals surface area contributed by atoms with E-state index < -0.39 is 18.9 Å². The molecule has 0 N–H and O–H groups in total. The van der Waals surface area contributed by atoms with Crippen LogP contribution >= 0.6 is 10.7 Å². The fourth-order valence-corrected chi connectivity index (χ4v) is 4.84. The van der Waals surface area contributed by atoms with Crippen LogP contribution in [0.3, 0.4) is 0 Å². The Labute approximate surface area is 82.6 Å². The maximum atomic E-state index is 11.1. The number of sulfone groups is 1. The molecule has 13 heavy (non-hydrogen) atoms. The normalized spacial score (nSPS) is 28.5. The lowest BCUT2D eigenvalue weighted by molar-refractivity contribution is 0.511. The highest BCUT2D eigenvalue weighted by molar-refractivity contribution is 8.13. The van der Waals surface area contributed by atoms with Crippen molar-refractivity contribution in [2.45, 2.75) is 12.8 Å². The van der Waals surface area contributed by atoms with Crippen LogP contribution in [0.4, 0.5) is 0 Å². The molecule has 1 heterocycles. The van der Waals surface area contributed by atoms with Gasteiger partial charge in [0.1, 0.15) is 0 Å². The van der Waals surface area contributed by atoms with E-state index in [2.05, 4.69) is 0 Å². The van der Waals surface area contributed by atoms with Gasteiger partial charge in [0.05, 0.1) is 17.3 Å². The highest BCUT2D eigenvalue weighted by Crippen LogP contribution is 2.20. The van der Waals surface area contributed by atoms with Gasteiger partial charge < -0.3 is 0 Å². The summed E-state index contributed by atoms with van der Waals surface area (Å²) in [5, 5.41) is 0. The van der Waals surface area contributed by atoms with Gasteiger partial charge in [-0.3, -0.25) is 0 Å². The quantitative estimate of drug-likeness (QED) is 0.661. The molecule has 0 aromatic rings. The van der Waals surface area contributed by atoms with Gasteiger partial charge in [-0.2, -0.15) is 0 Å². The fraction of sp³-hybridized carbons (Fsp3) is 1.00. The molecule has 0 saturated carbocycles. The molecule has 0 radical (unpaired) electrons. The van der Waals surface area contributed by atoms with E-state index in [1.165, 1.54) is 0 Å². The third-order valence-corrected chi connectivity index (χ3v) is 5.13. The summed E-state index contributed by atoms with van der Waals surface area (Å²) in [6.45, 7) is 0. The topological polar surface area (TPSA) is 68.3 Å². The number of halogens is 1. The highest BCUT2D eigenvalue weighted by atomic mass is 35.7. The van der Waals surface area contributed by atoms with Gasteiger partial charge in [0.15, 0.2) is 9.84 Å². The monoisotopic (exact) mass is 246 g/mol. The molecule has 0 amide bonds. The second-order valence-corrected chi connectivity index (χ2v) is 8.38. The van der Waals surface area contributed by atoms with E-state index in [1.807, 2.05) is 0 Å². The minimum atomic E-state index is -3.57. The molecule has 0 bridgehead atoms. The third-order valence-electron chi connectivity index (χ3n) is 1.99. The SMILES string of the molecule is O=S(=O)(Cl)CC1CCCS(=O)(=O)C1. The Balaban J connectivity index is 2.64. The van der Waals surface area contributed by atoms with Crippen LogP contribution in [-0.4, -0.2) is 34.1 Å². The summed E-state index contributed by atoms with van der Waals surface area (Å²) in [6, 6.07) is 0. The van der Waals surface area contributed by atoms with Crippen LogP contribution in [0.1, 0.15) is 12.8 Å². The van der Waals surface area contributed by atoms with Crippen LogP contribution in [0, 0.1) is 5.92 Å². The molecule has 1 rings (SSSR count).